The Hall–Kier alpha value is -2.43. The van der Waals surface area contributed by atoms with Crippen molar-refractivity contribution in [2.75, 3.05) is 51.1 Å². The first-order valence-corrected chi connectivity index (χ1v) is 13.2. The second kappa shape index (κ2) is 10.0. The molecule has 2 fully saturated rings. The molecule has 1 N–H and O–H groups in total. The Balaban J connectivity index is 1.30. The number of piperidine rings is 1. The zero-order valence-corrected chi connectivity index (χ0v) is 19.5. The van der Waals surface area contributed by atoms with Crippen molar-refractivity contribution in [2.45, 2.75) is 24.2 Å². The van der Waals surface area contributed by atoms with Crippen molar-refractivity contribution < 1.29 is 18.0 Å². The lowest BCUT2D eigenvalue weighted by atomic mass is 10.2. The van der Waals surface area contributed by atoms with E-state index in [1.165, 1.54) is 15.6 Å². The van der Waals surface area contributed by atoms with Crippen molar-refractivity contribution in [3.63, 3.8) is 0 Å². The highest BCUT2D eigenvalue weighted by atomic mass is 32.2. The number of thiophene rings is 1. The number of hydrogen-bond donors (Lipinski definition) is 1. The fourth-order valence-electron chi connectivity index (χ4n) is 4.03. The van der Waals surface area contributed by atoms with Crippen LogP contribution in [0.5, 0.6) is 0 Å². The van der Waals surface area contributed by atoms with E-state index in [1.807, 2.05) is 17.5 Å². The molecule has 2 aliphatic rings. The molecule has 0 aliphatic carbocycles. The van der Waals surface area contributed by atoms with E-state index in [-0.39, 0.29) is 23.3 Å². The van der Waals surface area contributed by atoms with Gasteiger partial charge in [-0.25, -0.2) is 8.42 Å². The maximum Gasteiger partial charge on any atom is 0.264 e. The lowest BCUT2D eigenvalue weighted by molar-refractivity contribution is -0.130. The summed E-state index contributed by atoms with van der Waals surface area (Å²) in [7, 11) is -3.52. The molecule has 0 bridgehead atoms. The van der Waals surface area contributed by atoms with E-state index < -0.39 is 10.0 Å². The third kappa shape index (κ3) is 5.13. The molecule has 2 amide bonds. The van der Waals surface area contributed by atoms with Gasteiger partial charge in [0.25, 0.3) is 5.91 Å². The van der Waals surface area contributed by atoms with Crippen LogP contribution in [0.4, 0.5) is 5.69 Å². The summed E-state index contributed by atoms with van der Waals surface area (Å²) in [5, 5.41) is 4.94. The molecule has 0 unspecified atom stereocenters. The monoisotopic (exact) mass is 476 g/mol. The SMILES string of the molecule is O=C(CNc1cccc(S(=O)(=O)N2CCCCC2)c1)N1CCN(C(=O)c2cccs2)CC1. The quantitative estimate of drug-likeness (QED) is 0.691. The molecule has 0 atom stereocenters. The first kappa shape index (κ1) is 22.8. The summed E-state index contributed by atoms with van der Waals surface area (Å²) in [6.45, 7) is 3.17. The predicted molar refractivity (Wildman–Crippen MR) is 124 cm³/mol. The molecular weight excluding hydrogens is 448 g/mol. The zero-order chi connectivity index (χ0) is 22.6. The Morgan fingerprint density at radius 1 is 0.906 bits per heavy atom. The molecule has 0 spiro atoms. The normalized spacial score (nSPS) is 17.9. The third-order valence-corrected chi connectivity index (χ3v) is 8.63. The molecule has 3 heterocycles. The second-order valence-electron chi connectivity index (χ2n) is 8.00. The fraction of sp³-hybridized carbons (Fsp3) is 0.455. The molecule has 1 aromatic heterocycles. The lowest BCUT2D eigenvalue weighted by Gasteiger charge is -2.34. The van der Waals surface area contributed by atoms with Gasteiger partial charge in [0, 0.05) is 45.0 Å². The summed E-state index contributed by atoms with van der Waals surface area (Å²) < 4.78 is 27.3. The van der Waals surface area contributed by atoms with E-state index in [2.05, 4.69) is 5.32 Å². The smallest absolute Gasteiger partial charge is 0.264 e. The highest BCUT2D eigenvalue weighted by molar-refractivity contribution is 7.89. The van der Waals surface area contributed by atoms with Gasteiger partial charge in [0.1, 0.15) is 0 Å². The van der Waals surface area contributed by atoms with Crippen LogP contribution in [0.1, 0.15) is 28.9 Å². The minimum atomic E-state index is -3.52. The number of anilines is 1. The van der Waals surface area contributed by atoms with Crippen molar-refractivity contribution in [2.24, 2.45) is 0 Å². The summed E-state index contributed by atoms with van der Waals surface area (Å²) in [6.07, 6.45) is 2.84. The largest absolute Gasteiger partial charge is 0.376 e. The summed E-state index contributed by atoms with van der Waals surface area (Å²) in [6, 6.07) is 10.3. The van der Waals surface area contributed by atoms with E-state index >= 15 is 0 Å². The van der Waals surface area contributed by atoms with E-state index in [9.17, 15) is 18.0 Å². The Morgan fingerprint density at radius 3 is 2.31 bits per heavy atom. The van der Waals surface area contributed by atoms with Crippen LogP contribution in [-0.4, -0.2) is 80.2 Å². The molecular formula is C22H28N4O4S2. The standard InChI is InChI=1S/C22H28N4O4S2/c27-21(24-11-13-25(14-12-24)22(28)20-8-5-15-31-20)17-23-18-6-4-7-19(16-18)32(29,30)26-9-2-1-3-10-26/h4-8,15-16,23H,1-3,9-14,17H2. The van der Waals surface area contributed by atoms with Crippen LogP contribution >= 0.6 is 11.3 Å². The lowest BCUT2D eigenvalue weighted by Crippen LogP contribution is -2.51. The molecule has 0 radical (unpaired) electrons. The fourth-order valence-corrected chi connectivity index (χ4v) is 6.28. The third-order valence-electron chi connectivity index (χ3n) is 5.88. The Kier molecular flexibility index (Phi) is 7.12. The molecule has 10 heteroatoms. The van der Waals surface area contributed by atoms with Gasteiger partial charge in [0.15, 0.2) is 0 Å². The number of carbonyl (C=O) groups excluding carboxylic acids is 2. The number of benzene rings is 1. The van der Waals surface area contributed by atoms with E-state index in [4.69, 9.17) is 0 Å². The number of sulfonamides is 1. The van der Waals surface area contributed by atoms with Crippen molar-refractivity contribution in [3.05, 3.63) is 46.7 Å². The van der Waals surface area contributed by atoms with E-state index in [0.29, 0.717) is 49.8 Å². The summed E-state index contributed by atoms with van der Waals surface area (Å²) in [4.78, 5) is 29.6. The van der Waals surface area contributed by atoms with Crippen LogP contribution in [0.3, 0.4) is 0 Å². The van der Waals surface area contributed by atoms with Crippen LogP contribution in [-0.2, 0) is 14.8 Å². The molecule has 32 heavy (non-hydrogen) atoms. The van der Waals surface area contributed by atoms with Gasteiger partial charge in [-0.05, 0) is 42.5 Å². The van der Waals surface area contributed by atoms with Crippen LogP contribution in [0, 0.1) is 0 Å². The first-order chi connectivity index (χ1) is 15.4. The minimum Gasteiger partial charge on any atom is -0.376 e. The molecule has 1 aromatic carbocycles. The van der Waals surface area contributed by atoms with Crippen LogP contribution < -0.4 is 5.32 Å². The van der Waals surface area contributed by atoms with Gasteiger partial charge in [0.2, 0.25) is 15.9 Å². The molecule has 172 valence electrons. The van der Waals surface area contributed by atoms with Crippen molar-refractivity contribution >= 4 is 38.9 Å². The Labute approximate surface area is 192 Å². The average Bonchev–Trinajstić information content (AvgIpc) is 3.38. The maximum absolute atomic E-state index is 12.9. The van der Waals surface area contributed by atoms with Gasteiger partial charge in [-0.1, -0.05) is 18.6 Å². The van der Waals surface area contributed by atoms with Crippen molar-refractivity contribution in [3.8, 4) is 0 Å². The molecule has 4 rings (SSSR count). The Bertz CT molecular complexity index is 1040. The number of rotatable bonds is 6. The maximum atomic E-state index is 12.9. The number of amides is 2. The van der Waals surface area contributed by atoms with Gasteiger partial charge in [-0.2, -0.15) is 4.31 Å². The summed E-state index contributed by atoms with van der Waals surface area (Å²) >= 11 is 1.42. The van der Waals surface area contributed by atoms with E-state index in [1.54, 1.807) is 34.1 Å². The van der Waals surface area contributed by atoms with Crippen LogP contribution in [0.2, 0.25) is 0 Å². The van der Waals surface area contributed by atoms with Crippen LogP contribution in [0.25, 0.3) is 0 Å². The summed E-state index contributed by atoms with van der Waals surface area (Å²) in [5.41, 5.74) is 0.600. The average molecular weight is 477 g/mol. The Morgan fingerprint density at radius 2 is 1.62 bits per heavy atom. The number of hydrogen-bond acceptors (Lipinski definition) is 6. The number of nitrogens with zero attached hydrogens (tertiary/aromatic N) is 3. The topological polar surface area (TPSA) is 90.0 Å². The van der Waals surface area contributed by atoms with E-state index in [0.717, 1.165) is 19.3 Å². The molecule has 8 nitrogen and oxygen atoms in total. The minimum absolute atomic E-state index is 0.0111. The van der Waals surface area contributed by atoms with Gasteiger partial charge in [-0.3, -0.25) is 9.59 Å². The number of piperazine rings is 1. The van der Waals surface area contributed by atoms with Gasteiger partial charge < -0.3 is 15.1 Å². The summed E-state index contributed by atoms with van der Waals surface area (Å²) in [5.74, 6) is -0.0607. The van der Waals surface area contributed by atoms with Gasteiger partial charge in [0.05, 0.1) is 16.3 Å². The van der Waals surface area contributed by atoms with Crippen LogP contribution in [0.15, 0.2) is 46.7 Å². The number of carbonyl (C=O) groups is 2. The second-order valence-corrected chi connectivity index (χ2v) is 10.9. The highest BCUT2D eigenvalue weighted by Gasteiger charge is 2.27. The van der Waals surface area contributed by atoms with Gasteiger partial charge >= 0.3 is 0 Å². The molecule has 2 aliphatic heterocycles. The van der Waals surface area contributed by atoms with Crippen molar-refractivity contribution in [1.29, 1.82) is 0 Å². The highest BCUT2D eigenvalue weighted by Crippen LogP contribution is 2.23. The molecule has 0 saturated carbocycles. The zero-order valence-electron chi connectivity index (χ0n) is 17.9. The first-order valence-electron chi connectivity index (χ1n) is 10.9. The van der Waals surface area contributed by atoms with Crippen molar-refractivity contribution in [1.82, 2.24) is 14.1 Å². The molecule has 2 saturated heterocycles. The number of nitrogens with one attached hydrogen (secondary N) is 1. The van der Waals surface area contributed by atoms with Gasteiger partial charge in [-0.15, -0.1) is 11.3 Å². The predicted octanol–water partition coefficient (Wildman–Crippen LogP) is 2.32. The molecule has 2 aromatic rings.